The molecule has 0 saturated carbocycles. The molecule has 0 aromatic heterocycles. The highest BCUT2D eigenvalue weighted by Gasteiger charge is 2.49. The molecule has 14 heavy (non-hydrogen) atoms. The van der Waals surface area contributed by atoms with Gasteiger partial charge in [0.05, 0.1) is 18.8 Å². The second-order valence-corrected chi connectivity index (χ2v) is 4.67. The highest BCUT2D eigenvalue weighted by Crippen LogP contribution is 2.35. The maximum atomic E-state index is 6.28. The van der Waals surface area contributed by atoms with Crippen molar-refractivity contribution < 1.29 is 9.47 Å². The van der Waals surface area contributed by atoms with Crippen LogP contribution in [0.25, 0.3) is 0 Å². The molecule has 80 valence electrons. The van der Waals surface area contributed by atoms with E-state index in [4.69, 9.17) is 9.47 Å². The van der Waals surface area contributed by atoms with Gasteiger partial charge in [0, 0.05) is 32.5 Å². The Kier molecular flexibility index (Phi) is 2.06. The summed E-state index contributed by atoms with van der Waals surface area (Å²) >= 11 is 0. The Hall–Kier alpha value is -0.160. The molecule has 0 radical (unpaired) electrons. The van der Waals surface area contributed by atoms with Crippen LogP contribution >= 0.6 is 0 Å². The lowest BCUT2D eigenvalue weighted by Crippen LogP contribution is -2.71. The second-order valence-electron chi connectivity index (χ2n) is 4.67. The molecule has 3 fully saturated rings. The van der Waals surface area contributed by atoms with Crippen LogP contribution in [0, 0.1) is 0 Å². The van der Waals surface area contributed by atoms with Gasteiger partial charge < -0.3 is 14.8 Å². The van der Waals surface area contributed by atoms with Crippen molar-refractivity contribution in [3.8, 4) is 0 Å². The molecule has 3 aliphatic rings. The average molecular weight is 198 g/mol. The van der Waals surface area contributed by atoms with Gasteiger partial charge in [-0.3, -0.25) is 5.32 Å². The first-order valence-electron chi connectivity index (χ1n) is 5.56. The molecule has 3 saturated heterocycles. The van der Waals surface area contributed by atoms with Crippen molar-refractivity contribution in [1.82, 2.24) is 10.6 Å². The van der Waals surface area contributed by atoms with E-state index in [0.29, 0.717) is 0 Å². The van der Waals surface area contributed by atoms with Gasteiger partial charge in [0.15, 0.2) is 0 Å². The fourth-order valence-corrected chi connectivity index (χ4v) is 2.65. The van der Waals surface area contributed by atoms with Crippen LogP contribution in [0.4, 0.5) is 0 Å². The standard InChI is InChI=1S/C10H18N2O2/c1-4-12-10(2-5-13-6-3-10)14-9(1)7-11-8-9/h11-12H,1-8H2. The molecule has 0 aliphatic carbocycles. The summed E-state index contributed by atoms with van der Waals surface area (Å²) in [6, 6.07) is 0. The fraction of sp³-hybridized carbons (Fsp3) is 1.00. The monoisotopic (exact) mass is 198 g/mol. The molecular formula is C10H18N2O2. The van der Waals surface area contributed by atoms with Crippen LogP contribution in [-0.2, 0) is 9.47 Å². The smallest absolute Gasteiger partial charge is 0.124 e. The van der Waals surface area contributed by atoms with Gasteiger partial charge in [-0.15, -0.1) is 0 Å². The topological polar surface area (TPSA) is 42.5 Å². The van der Waals surface area contributed by atoms with E-state index in [1.807, 2.05) is 0 Å². The summed E-state index contributed by atoms with van der Waals surface area (Å²) in [5, 5.41) is 6.84. The first kappa shape index (κ1) is 9.09. The van der Waals surface area contributed by atoms with Crippen LogP contribution in [0.15, 0.2) is 0 Å². The van der Waals surface area contributed by atoms with Crippen molar-refractivity contribution in [3.63, 3.8) is 0 Å². The molecule has 3 rings (SSSR count). The molecule has 0 bridgehead atoms. The normalized spacial score (nSPS) is 34.3. The van der Waals surface area contributed by atoms with Crippen LogP contribution in [0.1, 0.15) is 19.3 Å². The first-order valence-corrected chi connectivity index (χ1v) is 5.56. The molecule has 2 spiro atoms. The number of nitrogens with one attached hydrogen (secondary N) is 2. The summed E-state index contributed by atoms with van der Waals surface area (Å²) < 4.78 is 11.7. The van der Waals surface area contributed by atoms with E-state index >= 15 is 0 Å². The lowest BCUT2D eigenvalue weighted by Gasteiger charge is -2.54. The van der Waals surface area contributed by atoms with E-state index in [9.17, 15) is 0 Å². The molecule has 2 N–H and O–H groups in total. The van der Waals surface area contributed by atoms with Crippen LogP contribution in [0.3, 0.4) is 0 Å². The Labute approximate surface area is 84.3 Å². The zero-order valence-corrected chi connectivity index (χ0v) is 8.47. The Morgan fingerprint density at radius 1 is 1.00 bits per heavy atom. The number of hydrogen-bond acceptors (Lipinski definition) is 4. The molecule has 0 aromatic rings. The molecule has 4 nitrogen and oxygen atoms in total. The van der Waals surface area contributed by atoms with Crippen molar-refractivity contribution in [3.05, 3.63) is 0 Å². The van der Waals surface area contributed by atoms with Crippen LogP contribution in [0.2, 0.25) is 0 Å². The summed E-state index contributed by atoms with van der Waals surface area (Å²) in [7, 11) is 0. The molecule has 4 heteroatoms. The lowest BCUT2D eigenvalue weighted by molar-refractivity contribution is -0.242. The summed E-state index contributed by atoms with van der Waals surface area (Å²) in [6.07, 6.45) is 3.13. The summed E-state index contributed by atoms with van der Waals surface area (Å²) in [4.78, 5) is 0. The Morgan fingerprint density at radius 3 is 2.43 bits per heavy atom. The van der Waals surface area contributed by atoms with Gasteiger partial charge in [0.1, 0.15) is 5.72 Å². The van der Waals surface area contributed by atoms with Crippen molar-refractivity contribution in [1.29, 1.82) is 0 Å². The van der Waals surface area contributed by atoms with Crippen molar-refractivity contribution >= 4 is 0 Å². The van der Waals surface area contributed by atoms with Gasteiger partial charge in [0.2, 0.25) is 0 Å². The van der Waals surface area contributed by atoms with Crippen LogP contribution in [0.5, 0.6) is 0 Å². The SMILES string of the molecule is C1CC2(CNC2)OC2(CCOCC2)N1. The Bertz CT molecular complexity index is 217. The molecule has 3 heterocycles. The lowest BCUT2D eigenvalue weighted by atomic mass is 9.88. The van der Waals surface area contributed by atoms with E-state index in [1.54, 1.807) is 0 Å². The number of rotatable bonds is 0. The minimum Gasteiger partial charge on any atom is -0.381 e. The first-order chi connectivity index (χ1) is 6.83. The third kappa shape index (κ3) is 1.37. The van der Waals surface area contributed by atoms with Crippen molar-refractivity contribution in [2.45, 2.75) is 30.6 Å². The van der Waals surface area contributed by atoms with Gasteiger partial charge in [-0.1, -0.05) is 0 Å². The minimum atomic E-state index is -0.0708. The predicted molar refractivity (Wildman–Crippen MR) is 52.1 cm³/mol. The maximum absolute atomic E-state index is 6.28. The van der Waals surface area contributed by atoms with Crippen molar-refractivity contribution in [2.24, 2.45) is 0 Å². The second kappa shape index (κ2) is 3.17. The van der Waals surface area contributed by atoms with Gasteiger partial charge in [-0.2, -0.15) is 0 Å². The summed E-state index contributed by atoms with van der Waals surface area (Å²) in [5.41, 5.74) is 0.0706. The molecule has 0 amide bonds. The molecule has 3 aliphatic heterocycles. The van der Waals surface area contributed by atoms with E-state index in [1.165, 1.54) is 0 Å². The average Bonchev–Trinajstić information content (AvgIpc) is 2.17. The van der Waals surface area contributed by atoms with Crippen LogP contribution < -0.4 is 10.6 Å². The van der Waals surface area contributed by atoms with Crippen molar-refractivity contribution in [2.75, 3.05) is 32.8 Å². The quantitative estimate of drug-likeness (QED) is 0.568. The van der Waals surface area contributed by atoms with E-state index in [-0.39, 0.29) is 11.3 Å². The minimum absolute atomic E-state index is 0.0708. The van der Waals surface area contributed by atoms with Gasteiger partial charge in [0.25, 0.3) is 0 Å². The molecular weight excluding hydrogens is 180 g/mol. The van der Waals surface area contributed by atoms with Gasteiger partial charge >= 0.3 is 0 Å². The van der Waals surface area contributed by atoms with E-state index in [0.717, 1.165) is 52.1 Å². The Morgan fingerprint density at radius 2 is 1.79 bits per heavy atom. The largest absolute Gasteiger partial charge is 0.381 e. The summed E-state index contributed by atoms with van der Waals surface area (Å²) in [5.74, 6) is 0. The highest BCUT2D eigenvalue weighted by molar-refractivity contribution is 5.01. The zero-order valence-electron chi connectivity index (χ0n) is 8.47. The molecule has 0 atom stereocenters. The maximum Gasteiger partial charge on any atom is 0.124 e. The van der Waals surface area contributed by atoms with E-state index < -0.39 is 0 Å². The van der Waals surface area contributed by atoms with Crippen LogP contribution in [-0.4, -0.2) is 44.2 Å². The zero-order chi connectivity index (χ0) is 9.49. The Balaban J connectivity index is 1.73. The molecule has 0 unspecified atom stereocenters. The highest BCUT2D eigenvalue weighted by atomic mass is 16.6. The van der Waals surface area contributed by atoms with Gasteiger partial charge in [-0.05, 0) is 6.42 Å². The fourth-order valence-electron chi connectivity index (χ4n) is 2.65. The number of hydrogen-bond donors (Lipinski definition) is 2. The van der Waals surface area contributed by atoms with Gasteiger partial charge in [-0.25, -0.2) is 0 Å². The number of ether oxygens (including phenoxy) is 2. The third-order valence-corrected chi connectivity index (χ3v) is 3.63. The molecule has 0 aromatic carbocycles. The van der Waals surface area contributed by atoms with E-state index in [2.05, 4.69) is 10.6 Å². The predicted octanol–water partition coefficient (Wildman–Crippen LogP) is -0.155. The summed E-state index contributed by atoms with van der Waals surface area (Å²) in [6.45, 7) is 4.79. The third-order valence-electron chi connectivity index (χ3n) is 3.63.